The van der Waals surface area contributed by atoms with Crippen molar-refractivity contribution in [3.8, 4) is 28.4 Å². The van der Waals surface area contributed by atoms with E-state index in [1.54, 1.807) is 13.3 Å². The number of ether oxygens (including phenoxy) is 1. The fourth-order valence-corrected chi connectivity index (χ4v) is 3.00. The summed E-state index contributed by atoms with van der Waals surface area (Å²) in [5.74, 6) is 0.795. The molecule has 0 bridgehead atoms. The predicted molar refractivity (Wildman–Crippen MR) is 103 cm³/mol. The molecular weight excluding hydrogens is 340 g/mol. The van der Waals surface area contributed by atoms with Crippen LogP contribution in [0.4, 0.5) is 0 Å². The monoisotopic (exact) mass is 356 g/mol. The summed E-state index contributed by atoms with van der Waals surface area (Å²) in [7, 11) is 1.65. The first kappa shape index (κ1) is 16.6. The molecule has 27 heavy (non-hydrogen) atoms. The van der Waals surface area contributed by atoms with Gasteiger partial charge in [-0.3, -0.25) is 9.38 Å². The second kappa shape index (κ2) is 7.19. The molecule has 0 saturated heterocycles. The van der Waals surface area contributed by atoms with Crippen LogP contribution in [0.3, 0.4) is 0 Å². The third kappa shape index (κ3) is 3.19. The van der Waals surface area contributed by atoms with Crippen molar-refractivity contribution in [2.45, 2.75) is 6.54 Å². The van der Waals surface area contributed by atoms with Crippen molar-refractivity contribution in [2.75, 3.05) is 7.11 Å². The molecule has 7 heteroatoms. The van der Waals surface area contributed by atoms with Crippen LogP contribution in [0.2, 0.25) is 0 Å². The van der Waals surface area contributed by atoms with E-state index in [1.807, 2.05) is 65.2 Å². The summed E-state index contributed by atoms with van der Waals surface area (Å²) < 4.78 is 7.29. The van der Waals surface area contributed by atoms with E-state index in [0.717, 1.165) is 39.6 Å². The molecule has 0 unspecified atom stereocenters. The summed E-state index contributed by atoms with van der Waals surface area (Å²) in [6.07, 6.45) is 3.70. The number of nitrogens with zero attached hydrogens (tertiary/aromatic N) is 6. The average Bonchev–Trinajstić information content (AvgIpc) is 3.11. The number of imidazole rings is 1. The van der Waals surface area contributed by atoms with Gasteiger partial charge in [-0.15, -0.1) is 0 Å². The molecule has 1 aromatic carbocycles. The maximum Gasteiger partial charge on any atom is 0.138 e. The van der Waals surface area contributed by atoms with Gasteiger partial charge in [0.15, 0.2) is 0 Å². The first-order chi connectivity index (χ1) is 13.3. The Labute approximate surface area is 155 Å². The fraction of sp³-hybridized carbons (Fsp3) is 0.100. The molecule has 3 heterocycles. The quantitative estimate of drug-likeness (QED) is 0.290. The smallest absolute Gasteiger partial charge is 0.138 e. The molecule has 132 valence electrons. The number of aromatic nitrogens is 3. The van der Waals surface area contributed by atoms with E-state index in [4.69, 9.17) is 15.3 Å². The number of hydrogen-bond donors (Lipinski definition) is 0. The number of rotatable bonds is 5. The van der Waals surface area contributed by atoms with Gasteiger partial charge in [0.2, 0.25) is 0 Å². The topological polar surface area (TPSA) is 88.2 Å². The Hall–Kier alpha value is -3.83. The highest BCUT2D eigenvalue weighted by molar-refractivity contribution is 5.80. The number of hydrogen-bond acceptors (Lipinski definition) is 4. The lowest BCUT2D eigenvalue weighted by Crippen LogP contribution is -1.92. The van der Waals surface area contributed by atoms with Crippen molar-refractivity contribution in [3.05, 3.63) is 83.0 Å². The van der Waals surface area contributed by atoms with Crippen molar-refractivity contribution < 1.29 is 4.74 Å². The summed E-state index contributed by atoms with van der Waals surface area (Å²) in [4.78, 5) is 12.1. The molecule has 0 atom stereocenters. The molecule has 0 aliphatic heterocycles. The van der Waals surface area contributed by atoms with Crippen molar-refractivity contribution in [3.63, 3.8) is 0 Å². The van der Waals surface area contributed by atoms with Crippen LogP contribution in [0.25, 0.3) is 38.7 Å². The van der Waals surface area contributed by atoms with Gasteiger partial charge in [0.25, 0.3) is 0 Å². The van der Waals surface area contributed by atoms with E-state index in [9.17, 15) is 0 Å². The molecule has 0 aliphatic rings. The molecule has 0 aliphatic carbocycles. The summed E-state index contributed by atoms with van der Waals surface area (Å²) in [6.45, 7) is 0.288. The Balaban J connectivity index is 1.93. The number of fused-ring (bicyclic) bond motifs is 1. The van der Waals surface area contributed by atoms with Gasteiger partial charge in [-0.05, 0) is 59.6 Å². The lowest BCUT2D eigenvalue weighted by molar-refractivity contribution is 0.415. The van der Waals surface area contributed by atoms with Gasteiger partial charge >= 0.3 is 0 Å². The van der Waals surface area contributed by atoms with Crippen molar-refractivity contribution in [1.29, 1.82) is 0 Å². The van der Waals surface area contributed by atoms with Crippen LogP contribution in [-0.2, 0) is 6.54 Å². The highest BCUT2D eigenvalue weighted by atomic mass is 16.5. The van der Waals surface area contributed by atoms with E-state index < -0.39 is 0 Å². The fourth-order valence-electron chi connectivity index (χ4n) is 3.00. The highest BCUT2D eigenvalue weighted by Crippen LogP contribution is 2.33. The van der Waals surface area contributed by atoms with Crippen LogP contribution >= 0.6 is 0 Å². The zero-order chi connectivity index (χ0) is 18.6. The normalized spacial score (nSPS) is 10.6. The van der Waals surface area contributed by atoms with Gasteiger partial charge < -0.3 is 4.74 Å². The molecule has 4 aromatic rings. The molecular formula is C20H16N6O. The number of methoxy groups -OCH3 is 1. The molecule has 3 aromatic heterocycles. The van der Waals surface area contributed by atoms with Crippen LogP contribution in [0.15, 0.2) is 72.1 Å². The molecule has 0 saturated carbocycles. The number of azide groups is 1. The van der Waals surface area contributed by atoms with Gasteiger partial charge in [-0.2, -0.15) is 0 Å². The zero-order valence-corrected chi connectivity index (χ0v) is 14.6. The highest BCUT2D eigenvalue weighted by Gasteiger charge is 2.17. The molecule has 0 amide bonds. The third-order valence-corrected chi connectivity index (χ3v) is 4.28. The van der Waals surface area contributed by atoms with Crippen LogP contribution < -0.4 is 4.74 Å². The van der Waals surface area contributed by atoms with Gasteiger partial charge in [0.1, 0.15) is 17.1 Å². The molecule has 7 nitrogen and oxygen atoms in total. The average molecular weight is 356 g/mol. The molecule has 0 radical (unpaired) electrons. The summed E-state index contributed by atoms with van der Waals surface area (Å²) in [5.41, 5.74) is 13.8. The van der Waals surface area contributed by atoms with Gasteiger partial charge in [0.05, 0.1) is 25.0 Å². The SMILES string of the molecule is COc1ccc(-c2c(-c3ccccn3)nc3cc(CN=[N+]=[N-])ccn23)cc1. The standard InChI is InChI=1S/C20H16N6O/c1-27-16-7-5-15(6-8-16)20-19(17-4-2-3-10-22-17)24-18-12-14(13-23-25-21)9-11-26(18)20/h2-12H,13H2,1H3. The van der Waals surface area contributed by atoms with Crippen molar-refractivity contribution >= 4 is 5.65 Å². The molecule has 0 N–H and O–H groups in total. The van der Waals surface area contributed by atoms with E-state index in [0.29, 0.717) is 0 Å². The lowest BCUT2D eigenvalue weighted by Gasteiger charge is -2.07. The van der Waals surface area contributed by atoms with Gasteiger partial charge in [-0.25, -0.2) is 4.98 Å². The van der Waals surface area contributed by atoms with Gasteiger partial charge in [-0.1, -0.05) is 11.2 Å². The van der Waals surface area contributed by atoms with E-state index >= 15 is 0 Å². The maximum absolute atomic E-state index is 8.55. The number of pyridine rings is 2. The van der Waals surface area contributed by atoms with Crippen LogP contribution in [-0.4, -0.2) is 21.5 Å². The summed E-state index contributed by atoms with van der Waals surface area (Å²) >= 11 is 0. The van der Waals surface area contributed by atoms with Crippen LogP contribution in [0.1, 0.15) is 5.56 Å². The molecule has 0 fully saturated rings. The molecule has 0 spiro atoms. The van der Waals surface area contributed by atoms with Crippen molar-refractivity contribution in [2.24, 2.45) is 5.11 Å². The first-order valence-electron chi connectivity index (χ1n) is 8.38. The van der Waals surface area contributed by atoms with E-state index in [-0.39, 0.29) is 6.54 Å². The summed E-state index contributed by atoms with van der Waals surface area (Å²) in [5, 5.41) is 3.63. The van der Waals surface area contributed by atoms with E-state index in [1.165, 1.54) is 0 Å². The Morgan fingerprint density at radius 3 is 2.70 bits per heavy atom. The van der Waals surface area contributed by atoms with E-state index in [2.05, 4.69) is 15.0 Å². The van der Waals surface area contributed by atoms with Gasteiger partial charge in [0, 0.05) is 22.9 Å². The largest absolute Gasteiger partial charge is 0.497 e. The third-order valence-electron chi connectivity index (χ3n) is 4.28. The second-order valence-corrected chi connectivity index (χ2v) is 5.90. The predicted octanol–water partition coefficient (Wildman–Crippen LogP) is 4.88. The van der Waals surface area contributed by atoms with Crippen molar-refractivity contribution in [1.82, 2.24) is 14.4 Å². The van der Waals surface area contributed by atoms with Crippen LogP contribution in [0.5, 0.6) is 5.75 Å². The number of benzene rings is 1. The Kier molecular flexibility index (Phi) is 4.43. The Morgan fingerprint density at radius 2 is 2.00 bits per heavy atom. The first-order valence-corrected chi connectivity index (χ1v) is 8.38. The Morgan fingerprint density at radius 1 is 1.15 bits per heavy atom. The second-order valence-electron chi connectivity index (χ2n) is 5.90. The zero-order valence-electron chi connectivity index (χ0n) is 14.6. The molecule has 4 rings (SSSR count). The minimum atomic E-state index is 0.288. The minimum absolute atomic E-state index is 0.288. The minimum Gasteiger partial charge on any atom is -0.497 e. The lowest BCUT2D eigenvalue weighted by atomic mass is 10.1. The maximum atomic E-state index is 8.55. The van der Waals surface area contributed by atoms with Crippen LogP contribution in [0, 0.1) is 0 Å². The Bertz CT molecular complexity index is 1130. The summed E-state index contributed by atoms with van der Waals surface area (Å²) in [6, 6.07) is 17.5.